The van der Waals surface area contributed by atoms with E-state index in [9.17, 15) is 18.3 Å². The van der Waals surface area contributed by atoms with Gasteiger partial charge in [-0.05, 0) is 66.9 Å². The molecule has 3 rings (SSSR count). The van der Waals surface area contributed by atoms with E-state index in [1.165, 1.54) is 29.6 Å². The van der Waals surface area contributed by atoms with E-state index in [2.05, 4.69) is 4.72 Å². The molecule has 0 bridgehead atoms. The molecule has 0 saturated carbocycles. The molecule has 1 atom stereocenters. The number of rotatable bonds is 5. The van der Waals surface area contributed by atoms with Gasteiger partial charge in [0.05, 0.1) is 4.90 Å². The first-order valence-electron chi connectivity index (χ1n) is 8.39. The van der Waals surface area contributed by atoms with E-state index in [1.54, 1.807) is 26.0 Å². The van der Waals surface area contributed by atoms with E-state index < -0.39 is 22.0 Å². The summed E-state index contributed by atoms with van der Waals surface area (Å²) in [7, 11) is -3.85. The minimum atomic E-state index is -3.85. The molecule has 24 heavy (non-hydrogen) atoms. The fourth-order valence-corrected chi connectivity index (χ4v) is 4.99. The fraction of sp³-hybridized carbons (Fsp3) is 0.500. The third-order valence-corrected chi connectivity index (χ3v) is 6.35. The topological polar surface area (TPSA) is 83.5 Å². The smallest absolute Gasteiger partial charge is 0.322 e. The molecule has 0 aliphatic heterocycles. The Morgan fingerprint density at radius 1 is 1.21 bits per heavy atom. The predicted octanol–water partition coefficient (Wildman–Crippen LogP) is 2.96. The molecule has 0 unspecified atom stereocenters. The first-order chi connectivity index (χ1) is 11.3. The van der Waals surface area contributed by atoms with Gasteiger partial charge in [0, 0.05) is 0 Å². The fourth-order valence-electron chi connectivity index (χ4n) is 3.60. The molecule has 1 aromatic carbocycles. The molecule has 5 nitrogen and oxygen atoms in total. The molecule has 2 N–H and O–H groups in total. The lowest BCUT2D eigenvalue weighted by Crippen LogP contribution is -2.44. The normalized spacial score (nSPS) is 18.5. The summed E-state index contributed by atoms with van der Waals surface area (Å²) >= 11 is 0. The summed E-state index contributed by atoms with van der Waals surface area (Å²) < 4.78 is 27.5. The predicted molar refractivity (Wildman–Crippen MR) is 92.1 cm³/mol. The van der Waals surface area contributed by atoms with Gasteiger partial charge in [0.2, 0.25) is 10.0 Å². The number of aliphatic carboxylic acids is 1. The molecule has 1 aromatic rings. The third-order valence-electron chi connectivity index (χ3n) is 4.91. The summed E-state index contributed by atoms with van der Waals surface area (Å²) in [4.78, 5) is 11.4. The zero-order valence-electron chi connectivity index (χ0n) is 14.0. The molecule has 0 fully saturated rings. The minimum Gasteiger partial charge on any atom is -0.480 e. The van der Waals surface area contributed by atoms with Crippen LogP contribution in [0.4, 0.5) is 0 Å². The number of nitrogens with one attached hydrogen (secondary N) is 1. The van der Waals surface area contributed by atoms with Crippen molar-refractivity contribution in [2.45, 2.75) is 56.9 Å². The Labute approximate surface area is 142 Å². The van der Waals surface area contributed by atoms with Gasteiger partial charge in [0.15, 0.2) is 0 Å². The van der Waals surface area contributed by atoms with Gasteiger partial charge in [-0.2, -0.15) is 4.72 Å². The molecular formula is C18H23NO4S. The molecule has 0 saturated heterocycles. The zero-order valence-corrected chi connectivity index (χ0v) is 14.8. The lowest BCUT2D eigenvalue weighted by atomic mass is 9.92. The Kier molecular flexibility index (Phi) is 4.53. The van der Waals surface area contributed by atoms with Gasteiger partial charge in [-0.3, -0.25) is 4.79 Å². The maximum atomic E-state index is 12.6. The van der Waals surface area contributed by atoms with Crippen molar-refractivity contribution in [3.05, 3.63) is 34.9 Å². The Morgan fingerprint density at radius 3 is 2.58 bits per heavy atom. The molecule has 2 aliphatic carbocycles. The first kappa shape index (κ1) is 17.2. The van der Waals surface area contributed by atoms with Crippen LogP contribution in [-0.4, -0.2) is 25.5 Å². The van der Waals surface area contributed by atoms with Gasteiger partial charge in [0.25, 0.3) is 0 Å². The molecule has 0 heterocycles. The number of carbonyl (C=O) groups is 1. The van der Waals surface area contributed by atoms with Crippen molar-refractivity contribution in [2.24, 2.45) is 5.92 Å². The van der Waals surface area contributed by atoms with Crippen molar-refractivity contribution in [1.82, 2.24) is 4.72 Å². The van der Waals surface area contributed by atoms with E-state index in [0.29, 0.717) is 0 Å². The highest BCUT2D eigenvalue weighted by Gasteiger charge is 2.30. The van der Waals surface area contributed by atoms with Crippen LogP contribution in [0.3, 0.4) is 0 Å². The average Bonchev–Trinajstić information content (AvgIpc) is 2.89. The summed E-state index contributed by atoms with van der Waals surface area (Å²) in [5.74, 6) is -1.49. The maximum Gasteiger partial charge on any atom is 0.322 e. The molecule has 130 valence electrons. The Balaban J connectivity index is 1.88. The van der Waals surface area contributed by atoms with Gasteiger partial charge >= 0.3 is 5.97 Å². The zero-order chi connectivity index (χ0) is 17.5. The third kappa shape index (κ3) is 3.13. The van der Waals surface area contributed by atoms with Crippen LogP contribution in [0.2, 0.25) is 0 Å². The van der Waals surface area contributed by atoms with Crippen LogP contribution in [0.5, 0.6) is 0 Å². The number of fused-ring (bicyclic) bond motifs is 2. The number of benzene rings is 1. The number of carboxylic acid groups (broad SMARTS) is 1. The second-order valence-electron chi connectivity index (χ2n) is 6.97. The Morgan fingerprint density at radius 2 is 1.92 bits per heavy atom. The standard InChI is InChI=1S/C18H23NO4S/c1-11(2)17(18(20)21)19-24(22,23)14-7-8-16-13(10-14)9-12-5-3-4-6-15(12)16/h7-8,10-11,17,19H,3-6,9H2,1-2H3,(H,20,21)/t17-/m1/s1. The van der Waals surface area contributed by atoms with Gasteiger partial charge in [-0.1, -0.05) is 25.5 Å². The van der Waals surface area contributed by atoms with Crippen molar-refractivity contribution in [3.63, 3.8) is 0 Å². The molecule has 2 aliphatic rings. The van der Waals surface area contributed by atoms with Gasteiger partial charge < -0.3 is 5.11 Å². The summed E-state index contributed by atoms with van der Waals surface area (Å²) in [6.07, 6.45) is 5.38. The summed E-state index contributed by atoms with van der Waals surface area (Å²) in [6, 6.07) is 4.04. The van der Waals surface area contributed by atoms with E-state index in [1.807, 2.05) is 6.07 Å². The van der Waals surface area contributed by atoms with E-state index >= 15 is 0 Å². The lowest BCUT2D eigenvalue weighted by Gasteiger charge is -2.18. The van der Waals surface area contributed by atoms with Crippen molar-refractivity contribution in [3.8, 4) is 0 Å². The summed E-state index contributed by atoms with van der Waals surface area (Å²) in [5, 5.41) is 9.22. The van der Waals surface area contributed by atoms with Crippen molar-refractivity contribution >= 4 is 21.6 Å². The summed E-state index contributed by atoms with van der Waals surface area (Å²) in [5.41, 5.74) is 5.03. The van der Waals surface area contributed by atoms with Gasteiger partial charge in [-0.15, -0.1) is 0 Å². The Bertz CT molecular complexity index is 808. The van der Waals surface area contributed by atoms with Crippen LogP contribution in [0.25, 0.3) is 5.57 Å². The monoisotopic (exact) mass is 349 g/mol. The van der Waals surface area contributed by atoms with Crippen LogP contribution < -0.4 is 4.72 Å². The van der Waals surface area contributed by atoms with Crippen molar-refractivity contribution in [2.75, 3.05) is 0 Å². The molecular weight excluding hydrogens is 326 g/mol. The average molecular weight is 349 g/mol. The van der Waals surface area contributed by atoms with Crippen LogP contribution in [-0.2, 0) is 21.2 Å². The molecule has 0 spiro atoms. The number of carboxylic acids is 1. The van der Waals surface area contributed by atoms with Crippen LogP contribution in [0.1, 0.15) is 50.7 Å². The Hall–Kier alpha value is -1.66. The lowest BCUT2D eigenvalue weighted by molar-refractivity contribution is -0.140. The van der Waals surface area contributed by atoms with Gasteiger partial charge in [0.1, 0.15) is 6.04 Å². The second kappa shape index (κ2) is 6.33. The van der Waals surface area contributed by atoms with Crippen molar-refractivity contribution < 1.29 is 18.3 Å². The largest absolute Gasteiger partial charge is 0.480 e. The maximum absolute atomic E-state index is 12.6. The summed E-state index contributed by atoms with van der Waals surface area (Å²) in [6.45, 7) is 3.37. The second-order valence-corrected chi connectivity index (χ2v) is 8.68. The highest BCUT2D eigenvalue weighted by Crippen LogP contribution is 2.42. The SMILES string of the molecule is CC(C)[C@@H](NS(=O)(=O)c1ccc2c(c1)CC1=C2CCCC1)C(=O)O. The number of sulfonamides is 1. The quantitative estimate of drug-likeness (QED) is 0.856. The molecule has 6 heteroatoms. The number of allylic oxidation sites excluding steroid dienone is 2. The van der Waals surface area contributed by atoms with Crippen LogP contribution in [0.15, 0.2) is 28.7 Å². The number of hydrogen-bond acceptors (Lipinski definition) is 3. The highest BCUT2D eigenvalue weighted by molar-refractivity contribution is 7.89. The molecule has 0 amide bonds. The molecule has 0 aromatic heterocycles. The van der Waals surface area contributed by atoms with Crippen LogP contribution >= 0.6 is 0 Å². The minimum absolute atomic E-state index is 0.146. The van der Waals surface area contributed by atoms with E-state index in [-0.39, 0.29) is 10.8 Å². The van der Waals surface area contributed by atoms with Crippen LogP contribution in [0, 0.1) is 5.92 Å². The van der Waals surface area contributed by atoms with Crippen molar-refractivity contribution in [1.29, 1.82) is 0 Å². The molecule has 0 radical (unpaired) electrons. The van der Waals surface area contributed by atoms with E-state index in [0.717, 1.165) is 24.8 Å². The van der Waals surface area contributed by atoms with E-state index in [4.69, 9.17) is 0 Å². The first-order valence-corrected chi connectivity index (χ1v) is 9.87. The number of hydrogen-bond donors (Lipinski definition) is 2. The van der Waals surface area contributed by atoms with Gasteiger partial charge in [-0.25, -0.2) is 8.42 Å². The highest BCUT2D eigenvalue weighted by atomic mass is 32.2.